The molecule has 1 aliphatic rings. The number of nitrogens with zero attached hydrogens (tertiary/aromatic N) is 2. The molecule has 1 aromatic rings. The molecule has 0 amide bonds. The molecule has 1 aliphatic carbocycles. The number of ether oxygens (including phenoxy) is 1. The predicted molar refractivity (Wildman–Crippen MR) is 62.1 cm³/mol. The quantitative estimate of drug-likeness (QED) is 0.837. The first-order valence-corrected chi connectivity index (χ1v) is 5.91. The summed E-state index contributed by atoms with van der Waals surface area (Å²) in [6.45, 7) is 3.45. The van der Waals surface area contributed by atoms with Gasteiger partial charge in [-0.05, 0) is 38.1 Å². The average Bonchev–Trinajstić information content (AvgIpc) is 2.74. The van der Waals surface area contributed by atoms with E-state index in [0.29, 0.717) is 17.7 Å². The second kappa shape index (κ2) is 5.25. The number of aryl methyl sites for hydroxylation is 1. The average molecular weight is 221 g/mol. The molecule has 2 atom stereocenters. The van der Waals surface area contributed by atoms with E-state index in [4.69, 9.17) is 10.5 Å². The minimum atomic E-state index is 0.597. The Kier molecular flexibility index (Phi) is 3.72. The van der Waals surface area contributed by atoms with Crippen LogP contribution in [0.2, 0.25) is 0 Å². The molecular weight excluding hydrogens is 202 g/mol. The first kappa shape index (κ1) is 11.3. The molecule has 0 aliphatic heterocycles. The maximum absolute atomic E-state index is 5.74. The molecule has 0 aromatic carbocycles. The van der Waals surface area contributed by atoms with Gasteiger partial charge >= 0.3 is 0 Å². The van der Waals surface area contributed by atoms with Crippen LogP contribution in [-0.4, -0.2) is 23.1 Å². The second-order valence-corrected chi connectivity index (χ2v) is 4.50. The zero-order valence-electron chi connectivity index (χ0n) is 9.72. The van der Waals surface area contributed by atoms with Crippen molar-refractivity contribution >= 4 is 0 Å². The fourth-order valence-corrected chi connectivity index (χ4v) is 2.34. The van der Waals surface area contributed by atoms with E-state index in [1.54, 1.807) is 6.33 Å². The van der Waals surface area contributed by atoms with Gasteiger partial charge in [-0.3, -0.25) is 0 Å². The molecule has 1 fully saturated rings. The van der Waals surface area contributed by atoms with Crippen LogP contribution in [0.25, 0.3) is 0 Å². The van der Waals surface area contributed by atoms with Gasteiger partial charge in [0.25, 0.3) is 0 Å². The topological polar surface area (TPSA) is 61.0 Å². The van der Waals surface area contributed by atoms with Crippen LogP contribution in [0.15, 0.2) is 12.4 Å². The molecule has 88 valence electrons. The van der Waals surface area contributed by atoms with Crippen molar-refractivity contribution in [1.82, 2.24) is 9.97 Å². The molecule has 0 bridgehead atoms. The van der Waals surface area contributed by atoms with Gasteiger partial charge in [0.2, 0.25) is 5.88 Å². The molecule has 2 N–H and O–H groups in total. The van der Waals surface area contributed by atoms with Gasteiger partial charge in [-0.1, -0.05) is 6.42 Å². The SMILES string of the molecule is Cc1cc(OCC2CCCC2CN)ncn1. The van der Waals surface area contributed by atoms with Crippen LogP contribution in [0.1, 0.15) is 25.0 Å². The lowest BCUT2D eigenvalue weighted by Gasteiger charge is -2.17. The third kappa shape index (κ3) is 2.70. The van der Waals surface area contributed by atoms with Crippen molar-refractivity contribution in [3.8, 4) is 5.88 Å². The number of rotatable bonds is 4. The van der Waals surface area contributed by atoms with Gasteiger partial charge in [0.1, 0.15) is 6.33 Å². The number of hydrogen-bond acceptors (Lipinski definition) is 4. The van der Waals surface area contributed by atoms with E-state index in [0.717, 1.165) is 18.8 Å². The summed E-state index contributed by atoms with van der Waals surface area (Å²) >= 11 is 0. The van der Waals surface area contributed by atoms with Crippen molar-refractivity contribution in [3.05, 3.63) is 18.1 Å². The third-order valence-corrected chi connectivity index (χ3v) is 3.34. The van der Waals surface area contributed by atoms with E-state index in [-0.39, 0.29) is 0 Å². The van der Waals surface area contributed by atoms with E-state index in [9.17, 15) is 0 Å². The minimum Gasteiger partial charge on any atom is -0.477 e. The minimum absolute atomic E-state index is 0.597. The zero-order chi connectivity index (χ0) is 11.4. The van der Waals surface area contributed by atoms with Gasteiger partial charge < -0.3 is 10.5 Å². The van der Waals surface area contributed by atoms with Crippen molar-refractivity contribution in [1.29, 1.82) is 0 Å². The Balaban J connectivity index is 1.87. The molecule has 16 heavy (non-hydrogen) atoms. The molecule has 0 spiro atoms. The fraction of sp³-hybridized carbons (Fsp3) is 0.667. The lowest BCUT2D eigenvalue weighted by molar-refractivity contribution is 0.210. The van der Waals surface area contributed by atoms with E-state index in [1.165, 1.54) is 19.3 Å². The Morgan fingerprint density at radius 1 is 1.38 bits per heavy atom. The van der Waals surface area contributed by atoms with E-state index < -0.39 is 0 Å². The van der Waals surface area contributed by atoms with Gasteiger partial charge in [-0.25, -0.2) is 9.97 Å². The lowest BCUT2D eigenvalue weighted by Crippen LogP contribution is -2.23. The summed E-state index contributed by atoms with van der Waals surface area (Å²) in [6, 6.07) is 1.87. The smallest absolute Gasteiger partial charge is 0.216 e. The van der Waals surface area contributed by atoms with Crippen LogP contribution < -0.4 is 10.5 Å². The molecule has 2 rings (SSSR count). The number of nitrogens with two attached hydrogens (primary N) is 1. The molecule has 0 radical (unpaired) electrons. The van der Waals surface area contributed by atoms with E-state index >= 15 is 0 Å². The summed E-state index contributed by atoms with van der Waals surface area (Å²) in [5, 5.41) is 0. The summed E-state index contributed by atoms with van der Waals surface area (Å²) in [5.41, 5.74) is 6.67. The van der Waals surface area contributed by atoms with Crippen molar-refractivity contribution in [3.63, 3.8) is 0 Å². The summed E-state index contributed by atoms with van der Waals surface area (Å²) < 4.78 is 5.70. The standard InChI is InChI=1S/C12H19N3O/c1-9-5-12(15-8-14-9)16-7-11-4-2-3-10(11)6-13/h5,8,10-11H,2-4,6-7,13H2,1H3. The fourth-order valence-electron chi connectivity index (χ4n) is 2.34. The molecule has 2 unspecified atom stereocenters. The highest BCUT2D eigenvalue weighted by Crippen LogP contribution is 2.31. The van der Waals surface area contributed by atoms with E-state index in [2.05, 4.69) is 9.97 Å². The second-order valence-electron chi connectivity index (χ2n) is 4.50. The van der Waals surface area contributed by atoms with Gasteiger partial charge in [0, 0.05) is 11.8 Å². The van der Waals surface area contributed by atoms with Gasteiger partial charge in [-0.2, -0.15) is 0 Å². The molecule has 1 saturated carbocycles. The summed E-state index contributed by atoms with van der Waals surface area (Å²) in [5.74, 6) is 1.90. The highest BCUT2D eigenvalue weighted by molar-refractivity contribution is 5.11. The van der Waals surface area contributed by atoms with E-state index in [1.807, 2.05) is 13.0 Å². The molecular formula is C12H19N3O. The van der Waals surface area contributed by atoms with Crippen LogP contribution in [0, 0.1) is 18.8 Å². The van der Waals surface area contributed by atoms with Crippen LogP contribution >= 0.6 is 0 Å². The normalized spacial score (nSPS) is 24.6. The Morgan fingerprint density at radius 3 is 2.94 bits per heavy atom. The predicted octanol–water partition coefficient (Wildman–Crippen LogP) is 1.54. The first-order valence-electron chi connectivity index (χ1n) is 5.91. The monoisotopic (exact) mass is 221 g/mol. The largest absolute Gasteiger partial charge is 0.477 e. The van der Waals surface area contributed by atoms with Gasteiger partial charge in [-0.15, -0.1) is 0 Å². The summed E-state index contributed by atoms with van der Waals surface area (Å²) in [6.07, 6.45) is 5.29. The Hall–Kier alpha value is -1.16. The number of hydrogen-bond donors (Lipinski definition) is 1. The van der Waals surface area contributed by atoms with Crippen LogP contribution in [0.5, 0.6) is 5.88 Å². The zero-order valence-corrected chi connectivity index (χ0v) is 9.72. The van der Waals surface area contributed by atoms with Crippen molar-refractivity contribution in [2.75, 3.05) is 13.2 Å². The highest BCUT2D eigenvalue weighted by Gasteiger charge is 2.26. The molecule has 1 aromatic heterocycles. The Bertz CT molecular complexity index is 343. The molecule has 1 heterocycles. The van der Waals surface area contributed by atoms with Crippen molar-refractivity contribution in [2.45, 2.75) is 26.2 Å². The van der Waals surface area contributed by atoms with Crippen LogP contribution in [-0.2, 0) is 0 Å². The highest BCUT2D eigenvalue weighted by atomic mass is 16.5. The Labute approximate surface area is 96.2 Å². The van der Waals surface area contributed by atoms with Crippen molar-refractivity contribution < 1.29 is 4.74 Å². The first-order chi connectivity index (χ1) is 7.79. The van der Waals surface area contributed by atoms with Crippen molar-refractivity contribution in [2.24, 2.45) is 17.6 Å². The number of aromatic nitrogens is 2. The molecule has 4 heteroatoms. The maximum Gasteiger partial charge on any atom is 0.216 e. The summed E-state index contributed by atoms with van der Waals surface area (Å²) in [4.78, 5) is 8.13. The Morgan fingerprint density at radius 2 is 2.19 bits per heavy atom. The van der Waals surface area contributed by atoms with Gasteiger partial charge in [0.05, 0.1) is 6.61 Å². The molecule has 0 saturated heterocycles. The lowest BCUT2D eigenvalue weighted by atomic mass is 9.97. The van der Waals surface area contributed by atoms with Gasteiger partial charge in [0.15, 0.2) is 0 Å². The van der Waals surface area contributed by atoms with Crippen LogP contribution in [0.3, 0.4) is 0 Å². The maximum atomic E-state index is 5.74. The summed E-state index contributed by atoms with van der Waals surface area (Å²) in [7, 11) is 0. The van der Waals surface area contributed by atoms with Crippen LogP contribution in [0.4, 0.5) is 0 Å². The third-order valence-electron chi connectivity index (χ3n) is 3.34. The molecule has 4 nitrogen and oxygen atoms in total.